The van der Waals surface area contributed by atoms with Gasteiger partial charge < -0.3 is 10.8 Å². The Labute approximate surface area is 81.5 Å². The molecule has 1 unspecified atom stereocenters. The van der Waals surface area contributed by atoms with Crippen LogP contribution in [0.4, 0.5) is 0 Å². The molecule has 0 bridgehead atoms. The van der Waals surface area contributed by atoms with Gasteiger partial charge in [0.1, 0.15) is 0 Å². The van der Waals surface area contributed by atoms with E-state index in [4.69, 9.17) is 5.73 Å². The minimum atomic E-state index is -0.0235. The van der Waals surface area contributed by atoms with E-state index in [9.17, 15) is 5.11 Å². The van der Waals surface area contributed by atoms with E-state index in [0.29, 0.717) is 12.5 Å². The molecular formula is C11H23NO. The molecule has 0 radical (unpaired) electrons. The van der Waals surface area contributed by atoms with Gasteiger partial charge in [0, 0.05) is 18.6 Å². The fourth-order valence-electron chi connectivity index (χ4n) is 2.34. The molecule has 13 heavy (non-hydrogen) atoms. The largest absolute Gasteiger partial charge is 0.396 e. The van der Waals surface area contributed by atoms with Crippen molar-refractivity contribution >= 4 is 0 Å². The summed E-state index contributed by atoms with van der Waals surface area (Å²) in [5.74, 6) is 0.644. The summed E-state index contributed by atoms with van der Waals surface area (Å²) in [6.07, 6.45) is 7.88. The fraction of sp³-hybridized carbons (Fsp3) is 1.00. The highest BCUT2D eigenvalue weighted by atomic mass is 16.3. The van der Waals surface area contributed by atoms with Gasteiger partial charge in [-0.05, 0) is 18.8 Å². The van der Waals surface area contributed by atoms with Crippen molar-refractivity contribution in [2.45, 2.75) is 45.4 Å². The molecule has 0 aliphatic heterocycles. The predicted octanol–water partition coefficient (Wildman–Crippen LogP) is 1.91. The second kappa shape index (κ2) is 4.97. The first-order valence-corrected chi connectivity index (χ1v) is 5.54. The molecule has 1 aliphatic carbocycles. The highest BCUT2D eigenvalue weighted by molar-refractivity contribution is 4.84. The first-order valence-electron chi connectivity index (χ1n) is 5.54. The molecule has 1 rings (SSSR count). The maximum atomic E-state index is 9.35. The lowest BCUT2D eigenvalue weighted by Gasteiger charge is -2.34. The summed E-state index contributed by atoms with van der Waals surface area (Å²) >= 11 is 0. The maximum absolute atomic E-state index is 9.35. The lowest BCUT2D eigenvalue weighted by Crippen LogP contribution is -2.38. The average molecular weight is 185 g/mol. The molecule has 1 saturated carbocycles. The third-order valence-electron chi connectivity index (χ3n) is 3.67. The Bertz CT molecular complexity index is 135. The van der Waals surface area contributed by atoms with Gasteiger partial charge >= 0.3 is 0 Å². The number of nitrogens with two attached hydrogens (primary N) is 1. The van der Waals surface area contributed by atoms with Crippen molar-refractivity contribution in [2.24, 2.45) is 17.1 Å². The van der Waals surface area contributed by atoms with Gasteiger partial charge in [-0.1, -0.05) is 32.6 Å². The zero-order valence-corrected chi connectivity index (χ0v) is 8.76. The minimum absolute atomic E-state index is 0.0235. The van der Waals surface area contributed by atoms with E-state index in [-0.39, 0.29) is 12.0 Å². The van der Waals surface area contributed by atoms with Crippen LogP contribution in [0.5, 0.6) is 0 Å². The molecule has 0 aromatic carbocycles. The van der Waals surface area contributed by atoms with Crippen molar-refractivity contribution in [2.75, 3.05) is 13.2 Å². The average Bonchev–Trinajstić information content (AvgIpc) is 2.45. The SMILES string of the molecule is CC(CN)(CO)C1CCCCCC1. The van der Waals surface area contributed by atoms with Gasteiger partial charge in [0.2, 0.25) is 0 Å². The van der Waals surface area contributed by atoms with Gasteiger partial charge in [-0.25, -0.2) is 0 Å². The Hall–Kier alpha value is -0.0800. The number of hydrogen-bond acceptors (Lipinski definition) is 2. The third kappa shape index (κ3) is 2.68. The van der Waals surface area contributed by atoms with E-state index < -0.39 is 0 Å². The van der Waals surface area contributed by atoms with Crippen LogP contribution < -0.4 is 5.73 Å². The van der Waals surface area contributed by atoms with Gasteiger partial charge in [-0.2, -0.15) is 0 Å². The monoisotopic (exact) mass is 185 g/mol. The second-order valence-electron chi connectivity index (χ2n) is 4.70. The van der Waals surface area contributed by atoms with Crippen molar-refractivity contribution in [3.63, 3.8) is 0 Å². The van der Waals surface area contributed by atoms with Crippen LogP contribution >= 0.6 is 0 Å². The Balaban J connectivity index is 2.55. The van der Waals surface area contributed by atoms with E-state index in [1.807, 2.05) is 0 Å². The molecule has 0 aromatic heterocycles. The standard InChI is InChI=1S/C11H23NO/c1-11(8-12,9-13)10-6-4-2-3-5-7-10/h10,13H,2-9,12H2,1H3. The van der Waals surface area contributed by atoms with Gasteiger partial charge in [0.15, 0.2) is 0 Å². The Morgan fingerprint density at radius 2 is 1.77 bits per heavy atom. The first kappa shape index (κ1) is 11.0. The van der Waals surface area contributed by atoms with Crippen molar-refractivity contribution < 1.29 is 5.11 Å². The van der Waals surface area contributed by atoms with Crippen molar-refractivity contribution in [1.29, 1.82) is 0 Å². The molecule has 0 amide bonds. The Morgan fingerprint density at radius 3 is 2.15 bits per heavy atom. The molecule has 3 N–H and O–H groups in total. The van der Waals surface area contributed by atoms with Gasteiger partial charge in [0.25, 0.3) is 0 Å². The molecule has 2 heteroatoms. The van der Waals surface area contributed by atoms with Crippen LogP contribution in [0.1, 0.15) is 45.4 Å². The summed E-state index contributed by atoms with van der Waals surface area (Å²) in [7, 11) is 0. The third-order valence-corrected chi connectivity index (χ3v) is 3.67. The van der Waals surface area contributed by atoms with Crippen LogP contribution in [0.2, 0.25) is 0 Å². The Morgan fingerprint density at radius 1 is 1.23 bits per heavy atom. The first-order chi connectivity index (χ1) is 6.23. The topological polar surface area (TPSA) is 46.2 Å². The fourth-order valence-corrected chi connectivity index (χ4v) is 2.34. The molecule has 2 nitrogen and oxygen atoms in total. The van der Waals surface area contributed by atoms with Crippen LogP contribution in [-0.4, -0.2) is 18.3 Å². The highest BCUT2D eigenvalue weighted by Crippen LogP contribution is 2.36. The van der Waals surface area contributed by atoms with E-state index in [0.717, 1.165) is 0 Å². The minimum Gasteiger partial charge on any atom is -0.396 e. The number of rotatable bonds is 3. The number of hydrogen-bond donors (Lipinski definition) is 2. The molecule has 0 spiro atoms. The molecular weight excluding hydrogens is 162 g/mol. The van der Waals surface area contributed by atoms with Gasteiger partial charge in [-0.3, -0.25) is 0 Å². The molecule has 78 valence electrons. The Kier molecular flexibility index (Phi) is 4.20. The number of aliphatic hydroxyl groups excluding tert-OH is 1. The lowest BCUT2D eigenvalue weighted by atomic mass is 9.74. The predicted molar refractivity (Wildman–Crippen MR) is 55.4 cm³/mol. The van der Waals surface area contributed by atoms with E-state index in [2.05, 4.69) is 6.92 Å². The van der Waals surface area contributed by atoms with E-state index in [1.165, 1.54) is 38.5 Å². The summed E-state index contributed by atoms with van der Waals surface area (Å²) in [5, 5.41) is 9.35. The molecule has 0 heterocycles. The van der Waals surface area contributed by atoms with E-state index >= 15 is 0 Å². The van der Waals surface area contributed by atoms with Crippen LogP contribution in [0.3, 0.4) is 0 Å². The van der Waals surface area contributed by atoms with Crippen LogP contribution in [0.15, 0.2) is 0 Å². The van der Waals surface area contributed by atoms with Crippen molar-refractivity contribution in [3.05, 3.63) is 0 Å². The van der Waals surface area contributed by atoms with Gasteiger partial charge in [-0.15, -0.1) is 0 Å². The van der Waals surface area contributed by atoms with Crippen LogP contribution in [-0.2, 0) is 0 Å². The van der Waals surface area contributed by atoms with Gasteiger partial charge in [0.05, 0.1) is 0 Å². The number of aliphatic hydroxyl groups is 1. The summed E-state index contributed by atoms with van der Waals surface area (Å²) in [5.41, 5.74) is 5.72. The molecule has 1 fully saturated rings. The smallest absolute Gasteiger partial charge is 0.0499 e. The summed E-state index contributed by atoms with van der Waals surface area (Å²) in [6, 6.07) is 0. The molecule has 1 aliphatic rings. The quantitative estimate of drug-likeness (QED) is 0.660. The molecule has 0 saturated heterocycles. The molecule has 0 aromatic rings. The maximum Gasteiger partial charge on any atom is 0.0499 e. The van der Waals surface area contributed by atoms with E-state index in [1.54, 1.807) is 0 Å². The van der Waals surface area contributed by atoms with Crippen LogP contribution in [0, 0.1) is 11.3 Å². The zero-order chi connectivity index (χ0) is 9.73. The lowest BCUT2D eigenvalue weighted by molar-refractivity contribution is 0.0769. The normalized spacial score (nSPS) is 25.2. The summed E-state index contributed by atoms with van der Waals surface area (Å²) in [4.78, 5) is 0. The molecule has 1 atom stereocenters. The summed E-state index contributed by atoms with van der Waals surface area (Å²) in [6.45, 7) is 2.99. The van der Waals surface area contributed by atoms with Crippen LogP contribution in [0.25, 0.3) is 0 Å². The summed E-state index contributed by atoms with van der Waals surface area (Å²) < 4.78 is 0. The van der Waals surface area contributed by atoms with Crippen molar-refractivity contribution in [3.8, 4) is 0 Å². The second-order valence-corrected chi connectivity index (χ2v) is 4.70. The van der Waals surface area contributed by atoms with Crippen molar-refractivity contribution in [1.82, 2.24) is 0 Å². The highest BCUT2D eigenvalue weighted by Gasteiger charge is 2.32. The zero-order valence-electron chi connectivity index (χ0n) is 8.76.